The molecule has 1 N–H and O–H groups in total. The summed E-state index contributed by atoms with van der Waals surface area (Å²) in [5, 5.41) is 3.80. The maximum Gasteiger partial charge on any atom is 0.336 e. The first-order valence-electron chi connectivity index (χ1n) is 9.10. The Hall–Kier alpha value is -3.28. The number of ether oxygens (including phenoxy) is 2. The maximum absolute atomic E-state index is 12.9. The Balaban J connectivity index is 1.58. The van der Waals surface area contributed by atoms with E-state index >= 15 is 0 Å². The number of benzene rings is 2. The Labute approximate surface area is 162 Å². The summed E-state index contributed by atoms with van der Waals surface area (Å²) in [6.07, 6.45) is 0.582. The van der Waals surface area contributed by atoms with E-state index in [1.807, 2.05) is 38.1 Å². The lowest BCUT2D eigenvalue weighted by Crippen LogP contribution is -2.32. The zero-order valence-electron chi connectivity index (χ0n) is 16.0. The average Bonchev–Trinajstić information content (AvgIpc) is 2.68. The first-order chi connectivity index (χ1) is 13.4. The molecule has 0 aliphatic carbocycles. The molecule has 1 unspecified atom stereocenters. The van der Waals surface area contributed by atoms with Crippen LogP contribution in [0.2, 0.25) is 0 Å². The molecule has 28 heavy (non-hydrogen) atoms. The topological polar surface area (TPSA) is 77.8 Å². The minimum absolute atomic E-state index is 0.106. The predicted molar refractivity (Wildman–Crippen MR) is 106 cm³/mol. The van der Waals surface area contributed by atoms with Gasteiger partial charge in [0.1, 0.15) is 23.7 Å². The zero-order valence-corrected chi connectivity index (χ0v) is 16.0. The number of carbonyl (C=O) groups is 1. The molecule has 0 radical (unpaired) electrons. The minimum atomic E-state index is -0.380. The molecular weight excluding hydrogens is 358 g/mol. The maximum atomic E-state index is 12.9. The highest BCUT2D eigenvalue weighted by Gasteiger charge is 2.27. The van der Waals surface area contributed by atoms with Crippen LogP contribution in [0.25, 0.3) is 11.0 Å². The highest BCUT2D eigenvalue weighted by atomic mass is 16.5. The number of fused-ring (bicyclic) bond motifs is 2. The van der Waals surface area contributed by atoms with Crippen LogP contribution in [-0.2, 0) is 11.2 Å². The largest absolute Gasteiger partial charge is 0.497 e. The molecule has 1 aliphatic rings. The van der Waals surface area contributed by atoms with E-state index in [2.05, 4.69) is 5.32 Å². The van der Waals surface area contributed by atoms with Crippen molar-refractivity contribution < 1.29 is 18.7 Å². The normalized spacial score (nSPS) is 15.6. The predicted octanol–water partition coefficient (Wildman–Crippen LogP) is 3.61. The van der Waals surface area contributed by atoms with Gasteiger partial charge in [0.25, 0.3) is 0 Å². The number of carbonyl (C=O) groups excluding carboxylic acids is 1. The average molecular weight is 379 g/mol. The van der Waals surface area contributed by atoms with Gasteiger partial charge in [-0.1, -0.05) is 0 Å². The Morgan fingerprint density at radius 1 is 1.14 bits per heavy atom. The van der Waals surface area contributed by atoms with E-state index in [9.17, 15) is 9.59 Å². The third-order valence-electron chi connectivity index (χ3n) is 5.10. The van der Waals surface area contributed by atoms with Crippen molar-refractivity contribution in [3.63, 3.8) is 0 Å². The number of hydrogen-bond donors (Lipinski definition) is 1. The van der Waals surface area contributed by atoms with Gasteiger partial charge in [-0.3, -0.25) is 4.79 Å². The van der Waals surface area contributed by atoms with Gasteiger partial charge in [0.2, 0.25) is 5.91 Å². The standard InChI is InChI=1S/C22H21NO5/c1-12-7-21(24)28-20-6-13(2)18(10-17(12)20)23-22(25)15-8-14-9-16(26-3)4-5-19(14)27-11-15/h4-7,9-10,15H,8,11H2,1-3H3,(H,23,25). The van der Waals surface area contributed by atoms with E-state index in [4.69, 9.17) is 13.9 Å². The van der Waals surface area contributed by atoms with Crippen LogP contribution < -0.4 is 20.4 Å². The molecule has 1 aromatic heterocycles. The second kappa shape index (κ2) is 7.03. The van der Waals surface area contributed by atoms with Crippen molar-refractivity contribution in [1.82, 2.24) is 0 Å². The van der Waals surface area contributed by atoms with Crippen LogP contribution in [0, 0.1) is 19.8 Å². The lowest BCUT2D eigenvalue weighted by atomic mass is 9.95. The number of amides is 1. The first kappa shape index (κ1) is 18.1. The molecule has 1 atom stereocenters. The molecule has 0 saturated carbocycles. The Kier molecular flexibility index (Phi) is 4.55. The molecule has 144 valence electrons. The minimum Gasteiger partial charge on any atom is -0.497 e. The molecule has 2 heterocycles. The van der Waals surface area contributed by atoms with Gasteiger partial charge in [-0.05, 0) is 67.3 Å². The Bertz CT molecular complexity index is 1130. The van der Waals surface area contributed by atoms with E-state index in [-0.39, 0.29) is 17.5 Å². The lowest BCUT2D eigenvalue weighted by molar-refractivity contribution is -0.121. The quantitative estimate of drug-likeness (QED) is 0.704. The fourth-order valence-corrected chi connectivity index (χ4v) is 3.50. The third-order valence-corrected chi connectivity index (χ3v) is 5.10. The van der Waals surface area contributed by atoms with E-state index < -0.39 is 0 Å². The summed E-state index contributed by atoms with van der Waals surface area (Å²) in [6, 6.07) is 10.7. The molecule has 1 amide bonds. The van der Waals surface area contributed by atoms with E-state index in [1.165, 1.54) is 6.07 Å². The van der Waals surface area contributed by atoms with Crippen molar-refractivity contribution in [1.29, 1.82) is 0 Å². The van der Waals surface area contributed by atoms with E-state index in [0.717, 1.165) is 33.6 Å². The number of rotatable bonds is 3. The number of nitrogens with one attached hydrogen (secondary N) is 1. The third kappa shape index (κ3) is 3.33. The van der Waals surface area contributed by atoms with E-state index in [1.54, 1.807) is 13.2 Å². The Morgan fingerprint density at radius 2 is 1.96 bits per heavy atom. The first-order valence-corrected chi connectivity index (χ1v) is 9.10. The van der Waals surface area contributed by atoms with Gasteiger partial charge in [0, 0.05) is 17.1 Å². The number of hydrogen-bond acceptors (Lipinski definition) is 5. The zero-order chi connectivity index (χ0) is 19.8. The Morgan fingerprint density at radius 3 is 2.75 bits per heavy atom. The molecule has 3 aromatic rings. The van der Waals surface area contributed by atoms with Crippen LogP contribution in [0.15, 0.2) is 45.6 Å². The molecular formula is C22H21NO5. The molecule has 6 nitrogen and oxygen atoms in total. The molecule has 2 aromatic carbocycles. The lowest BCUT2D eigenvalue weighted by Gasteiger charge is -2.25. The monoisotopic (exact) mass is 379 g/mol. The summed E-state index contributed by atoms with van der Waals surface area (Å²) in [4.78, 5) is 24.4. The van der Waals surface area contributed by atoms with Gasteiger partial charge in [0.15, 0.2) is 0 Å². The van der Waals surface area contributed by atoms with Crippen LogP contribution >= 0.6 is 0 Å². The fourth-order valence-electron chi connectivity index (χ4n) is 3.50. The highest BCUT2D eigenvalue weighted by Crippen LogP contribution is 2.32. The summed E-state index contributed by atoms with van der Waals surface area (Å²) in [5.74, 6) is 1.12. The van der Waals surface area contributed by atoms with Crippen LogP contribution in [0.4, 0.5) is 5.69 Å². The van der Waals surface area contributed by atoms with E-state index in [0.29, 0.717) is 24.3 Å². The molecule has 0 spiro atoms. The van der Waals surface area contributed by atoms with Gasteiger partial charge in [0.05, 0.1) is 13.0 Å². The van der Waals surface area contributed by atoms with Crippen LogP contribution in [0.5, 0.6) is 11.5 Å². The van der Waals surface area contributed by atoms with Crippen molar-refractivity contribution in [2.45, 2.75) is 20.3 Å². The van der Waals surface area contributed by atoms with Crippen molar-refractivity contribution >= 4 is 22.6 Å². The molecule has 0 saturated heterocycles. The van der Waals surface area contributed by atoms with Crippen LogP contribution in [0.1, 0.15) is 16.7 Å². The SMILES string of the molecule is COc1ccc2c(c1)CC(C(=O)Nc1cc3c(C)cc(=O)oc3cc1C)CO2. The smallest absolute Gasteiger partial charge is 0.336 e. The molecule has 6 heteroatoms. The van der Waals surface area contributed by atoms with Crippen LogP contribution in [-0.4, -0.2) is 19.6 Å². The molecule has 1 aliphatic heterocycles. The summed E-state index contributed by atoms with van der Waals surface area (Å²) in [7, 11) is 1.61. The van der Waals surface area contributed by atoms with Gasteiger partial charge in [-0.15, -0.1) is 0 Å². The fraction of sp³-hybridized carbons (Fsp3) is 0.273. The summed E-state index contributed by atoms with van der Waals surface area (Å²) in [6.45, 7) is 4.04. The summed E-state index contributed by atoms with van der Waals surface area (Å²) in [5.41, 5.74) is 3.43. The number of anilines is 1. The van der Waals surface area contributed by atoms with Crippen molar-refractivity contribution in [3.8, 4) is 11.5 Å². The molecule has 4 rings (SSSR count). The number of methoxy groups -OCH3 is 1. The van der Waals surface area contributed by atoms with Gasteiger partial charge >= 0.3 is 5.63 Å². The van der Waals surface area contributed by atoms with Crippen molar-refractivity contribution in [3.05, 3.63) is 63.5 Å². The second-order valence-corrected chi connectivity index (χ2v) is 7.09. The summed E-state index contributed by atoms with van der Waals surface area (Å²) >= 11 is 0. The van der Waals surface area contributed by atoms with Gasteiger partial charge < -0.3 is 19.2 Å². The van der Waals surface area contributed by atoms with Crippen LogP contribution in [0.3, 0.4) is 0 Å². The molecule has 0 fully saturated rings. The van der Waals surface area contributed by atoms with Crippen molar-refractivity contribution in [2.24, 2.45) is 5.92 Å². The number of aryl methyl sites for hydroxylation is 2. The highest BCUT2D eigenvalue weighted by molar-refractivity contribution is 5.96. The van der Waals surface area contributed by atoms with Gasteiger partial charge in [-0.2, -0.15) is 0 Å². The van der Waals surface area contributed by atoms with Crippen molar-refractivity contribution in [2.75, 3.05) is 19.0 Å². The van der Waals surface area contributed by atoms with Gasteiger partial charge in [-0.25, -0.2) is 4.79 Å². The molecule has 0 bridgehead atoms. The second-order valence-electron chi connectivity index (χ2n) is 7.09. The summed E-state index contributed by atoms with van der Waals surface area (Å²) < 4.78 is 16.3.